The Bertz CT molecular complexity index is 576. The zero-order valence-corrected chi connectivity index (χ0v) is 13.2. The Hall–Kier alpha value is -2.28. The number of halogens is 1. The number of benzene rings is 1. The predicted molar refractivity (Wildman–Crippen MR) is 79.8 cm³/mol. The molecule has 2 N–H and O–H groups in total. The molecular formula is C14H17ClN2O5. The van der Waals surface area contributed by atoms with Gasteiger partial charge in [-0.25, -0.2) is 9.59 Å². The van der Waals surface area contributed by atoms with Gasteiger partial charge in [-0.1, -0.05) is 11.6 Å². The lowest BCUT2D eigenvalue weighted by Gasteiger charge is -2.13. The molecule has 1 atom stereocenters. The average Bonchev–Trinajstić information content (AvgIpc) is 2.45. The minimum Gasteiger partial charge on any atom is -0.482 e. The third-order valence-corrected chi connectivity index (χ3v) is 2.86. The van der Waals surface area contributed by atoms with E-state index < -0.39 is 24.0 Å². The maximum Gasteiger partial charge on any atom is 0.344 e. The summed E-state index contributed by atoms with van der Waals surface area (Å²) in [6, 6.07) is 4.28. The second kappa shape index (κ2) is 8.23. The number of urea groups is 1. The largest absolute Gasteiger partial charge is 0.482 e. The van der Waals surface area contributed by atoms with Crippen LogP contribution in [0, 0.1) is 6.92 Å². The molecule has 0 bridgehead atoms. The molecule has 0 fully saturated rings. The molecule has 0 radical (unpaired) electrons. The lowest BCUT2D eigenvalue weighted by atomic mass is 10.2. The molecule has 0 heterocycles. The molecule has 1 rings (SSSR count). The number of ether oxygens (including phenoxy) is 2. The van der Waals surface area contributed by atoms with Crippen LogP contribution in [-0.4, -0.2) is 37.7 Å². The number of carbonyl (C=O) groups is 3. The number of amides is 3. The molecule has 120 valence electrons. The Balaban J connectivity index is 2.45. The van der Waals surface area contributed by atoms with Crippen molar-refractivity contribution < 1.29 is 23.9 Å². The number of imide groups is 1. The lowest BCUT2D eigenvalue weighted by Crippen LogP contribution is -2.43. The van der Waals surface area contributed by atoms with Gasteiger partial charge >= 0.3 is 12.0 Å². The minimum absolute atomic E-state index is 0.361. The first kappa shape index (κ1) is 17.8. The standard InChI is InChI=1S/C14H17ClN2O5/c1-8-6-10(15)4-5-11(8)21-7-12(18)22-9(2)13(19)17-14(20)16-3/h4-6,9H,7H2,1-3H3,(H2,16,17,19,20)/t9-/m0/s1. The maximum absolute atomic E-state index is 11.6. The average molecular weight is 329 g/mol. The third kappa shape index (κ3) is 5.61. The number of esters is 1. The number of hydrogen-bond acceptors (Lipinski definition) is 5. The van der Waals surface area contributed by atoms with Crippen LogP contribution in [0.15, 0.2) is 18.2 Å². The molecule has 0 aliphatic heterocycles. The summed E-state index contributed by atoms with van der Waals surface area (Å²) in [5, 5.41) is 4.78. The van der Waals surface area contributed by atoms with Crippen LogP contribution in [0.3, 0.4) is 0 Å². The Kier molecular flexibility index (Phi) is 6.65. The fourth-order valence-corrected chi connectivity index (χ4v) is 1.70. The van der Waals surface area contributed by atoms with Gasteiger partial charge in [-0.2, -0.15) is 0 Å². The van der Waals surface area contributed by atoms with Crippen LogP contribution in [0.4, 0.5) is 4.79 Å². The van der Waals surface area contributed by atoms with Crippen LogP contribution in [-0.2, 0) is 14.3 Å². The van der Waals surface area contributed by atoms with Crippen molar-refractivity contribution in [2.45, 2.75) is 20.0 Å². The molecule has 0 unspecified atom stereocenters. The van der Waals surface area contributed by atoms with Gasteiger partial charge in [-0.05, 0) is 37.6 Å². The molecule has 1 aromatic carbocycles. The first-order valence-electron chi connectivity index (χ1n) is 6.44. The normalized spacial score (nSPS) is 11.3. The van der Waals surface area contributed by atoms with Crippen molar-refractivity contribution in [1.29, 1.82) is 0 Å². The first-order valence-corrected chi connectivity index (χ1v) is 6.82. The van der Waals surface area contributed by atoms with Gasteiger partial charge in [-0.15, -0.1) is 0 Å². The van der Waals surface area contributed by atoms with Crippen molar-refractivity contribution in [1.82, 2.24) is 10.6 Å². The molecule has 0 spiro atoms. The van der Waals surface area contributed by atoms with Gasteiger partial charge < -0.3 is 14.8 Å². The summed E-state index contributed by atoms with van der Waals surface area (Å²) in [5.74, 6) is -0.965. The van der Waals surface area contributed by atoms with Crippen molar-refractivity contribution in [3.8, 4) is 5.75 Å². The highest BCUT2D eigenvalue weighted by Crippen LogP contribution is 2.21. The van der Waals surface area contributed by atoms with Crippen molar-refractivity contribution in [2.75, 3.05) is 13.7 Å². The molecule has 3 amide bonds. The van der Waals surface area contributed by atoms with E-state index >= 15 is 0 Å². The number of hydrogen-bond donors (Lipinski definition) is 2. The van der Waals surface area contributed by atoms with Crippen LogP contribution >= 0.6 is 11.6 Å². The molecule has 0 aliphatic rings. The summed E-state index contributed by atoms with van der Waals surface area (Å²) >= 11 is 5.81. The number of carbonyl (C=O) groups excluding carboxylic acids is 3. The minimum atomic E-state index is -1.11. The Morgan fingerprint density at radius 3 is 2.59 bits per heavy atom. The van der Waals surface area contributed by atoms with E-state index in [0.29, 0.717) is 10.8 Å². The first-order chi connectivity index (χ1) is 10.3. The van der Waals surface area contributed by atoms with Gasteiger partial charge in [-0.3, -0.25) is 10.1 Å². The van der Waals surface area contributed by atoms with Crippen LogP contribution in [0.25, 0.3) is 0 Å². The highest BCUT2D eigenvalue weighted by atomic mass is 35.5. The van der Waals surface area contributed by atoms with Gasteiger partial charge in [0.05, 0.1) is 0 Å². The molecule has 0 saturated carbocycles. The summed E-state index contributed by atoms with van der Waals surface area (Å²) < 4.78 is 10.2. The molecule has 22 heavy (non-hydrogen) atoms. The van der Waals surface area contributed by atoms with Gasteiger partial charge in [0, 0.05) is 12.1 Å². The summed E-state index contributed by atoms with van der Waals surface area (Å²) in [6.45, 7) is 2.77. The highest BCUT2D eigenvalue weighted by molar-refractivity contribution is 6.30. The summed E-state index contributed by atoms with van der Waals surface area (Å²) in [6.07, 6.45) is -1.11. The summed E-state index contributed by atoms with van der Waals surface area (Å²) in [5.41, 5.74) is 0.769. The highest BCUT2D eigenvalue weighted by Gasteiger charge is 2.19. The molecule has 0 saturated heterocycles. The van der Waals surface area contributed by atoms with E-state index in [1.165, 1.54) is 14.0 Å². The summed E-state index contributed by atoms with van der Waals surface area (Å²) in [7, 11) is 1.36. The fourth-order valence-electron chi connectivity index (χ4n) is 1.47. The zero-order valence-electron chi connectivity index (χ0n) is 12.4. The Morgan fingerprint density at radius 1 is 1.32 bits per heavy atom. The van der Waals surface area contributed by atoms with Crippen molar-refractivity contribution >= 4 is 29.5 Å². The second-order valence-corrected chi connectivity index (χ2v) is 4.84. The van der Waals surface area contributed by atoms with E-state index in [1.54, 1.807) is 25.1 Å². The Morgan fingerprint density at radius 2 is 2.00 bits per heavy atom. The van der Waals surface area contributed by atoms with Crippen LogP contribution in [0.2, 0.25) is 5.02 Å². The van der Waals surface area contributed by atoms with Crippen molar-refractivity contribution in [3.05, 3.63) is 28.8 Å². The van der Waals surface area contributed by atoms with Gasteiger partial charge in [0.15, 0.2) is 12.7 Å². The van der Waals surface area contributed by atoms with E-state index in [2.05, 4.69) is 5.32 Å². The van der Waals surface area contributed by atoms with Crippen LogP contribution in [0.5, 0.6) is 5.75 Å². The number of rotatable bonds is 5. The van der Waals surface area contributed by atoms with Crippen molar-refractivity contribution in [2.24, 2.45) is 0 Å². The van der Waals surface area contributed by atoms with E-state index in [9.17, 15) is 14.4 Å². The van der Waals surface area contributed by atoms with Crippen LogP contribution in [0.1, 0.15) is 12.5 Å². The van der Waals surface area contributed by atoms with E-state index in [-0.39, 0.29) is 6.61 Å². The topological polar surface area (TPSA) is 93.7 Å². The van der Waals surface area contributed by atoms with E-state index in [0.717, 1.165) is 5.56 Å². The number of aryl methyl sites for hydroxylation is 1. The maximum atomic E-state index is 11.6. The van der Waals surface area contributed by atoms with E-state index in [4.69, 9.17) is 21.1 Å². The van der Waals surface area contributed by atoms with E-state index in [1.807, 2.05) is 5.32 Å². The molecule has 0 aromatic heterocycles. The molecule has 0 aliphatic carbocycles. The zero-order chi connectivity index (χ0) is 16.7. The smallest absolute Gasteiger partial charge is 0.344 e. The third-order valence-electron chi connectivity index (χ3n) is 2.62. The van der Waals surface area contributed by atoms with Gasteiger partial charge in [0.2, 0.25) is 0 Å². The lowest BCUT2D eigenvalue weighted by molar-refractivity contribution is -0.156. The second-order valence-electron chi connectivity index (χ2n) is 4.40. The molecule has 1 aromatic rings. The van der Waals surface area contributed by atoms with Crippen molar-refractivity contribution in [3.63, 3.8) is 0 Å². The summed E-state index contributed by atoms with van der Waals surface area (Å²) in [4.78, 5) is 34.1. The number of nitrogens with one attached hydrogen (secondary N) is 2. The van der Waals surface area contributed by atoms with Gasteiger partial charge in [0.25, 0.3) is 5.91 Å². The molecule has 7 nitrogen and oxygen atoms in total. The van der Waals surface area contributed by atoms with Gasteiger partial charge in [0.1, 0.15) is 5.75 Å². The quantitative estimate of drug-likeness (QED) is 0.797. The Labute approximate surface area is 132 Å². The monoisotopic (exact) mass is 328 g/mol. The van der Waals surface area contributed by atoms with Crippen LogP contribution < -0.4 is 15.4 Å². The molecular weight excluding hydrogens is 312 g/mol. The fraction of sp³-hybridized carbons (Fsp3) is 0.357. The SMILES string of the molecule is CNC(=O)NC(=O)[C@H](C)OC(=O)COc1ccc(Cl)cc1C. The predicted octanol–water partition coefficient (Wildman–Crippen LogP) is 1.41. The molecule has 8 heteroatoms.